The molecule has 3 rings (SSSR count). The zero-order valence-corrected chi connectivity index (χ0v) is 12.9. The Bertz CT molecular complexity index is 855. The fraction of sp³-hybridized carbons (Fsp3) is 0.0588. The monoisotopic (exact) mass is 331 g/mol. The second-order valence-electron chi connectivity index (χ2n) is 4.74. The molecule has 0 aliphatic rings. The van der Waals surface area contributed by atoms with Crippen LogP contribution in [0.2, 0.25) is 10.0 Å². The van der Waals surface area contributed by atoms with Gasteiger partial charge < -0.3 is 4.74 Å². The van der Waals surface area contributed by atoms with E-state index in [0.29, 0.717) is 26.7 Å². The number of halogens is 2. The Balaban J connectivity index is 1.84. The molecule has 3 nitrogen and oxygen atoms in total. The predicted octanol–water partition coefficient (Wildman–Crippen LogP) is 5.19. The van der Waals surface area contributed by atoms with Crippen LogP contribution in [0.15, 0.2) is 48.7 Å². The Morgan fingerprint density at radius 3 is 2.73 bits per heavy atom. The van der Waals surface area contributed by atoms with Gasteiger partial charge in [0, 0.05) is 24.1 Å². The number of carbonyl (C=O) groups excluding carboxylic acids is 1. The van der Waals surface area contributed by atoms with Crippen LogP contribution in [0, 0.1) is 6.92 Å². The zero-order chi connectivity index (χ0) is 15.7. The lowest BCUT2D eigenvalue weighted by Gasteiger charge is -2.08. The van der Waals surface area contributed by atoms with Crippen molar-refractivity contribution in [1.82, 2.24) is 4.57 Å². The molecule has 0 spiro atoms. The quantitative estimate of drug-likeness (QED) is 0.646. The number of hydrogen-bond donors (Lipinski definition) is 0. The van der Waals surface area contributed by atoms with Crippen LogP contribution >= 0.6 is 23.2 Å². The van der Waals surface area contributed by atoms with E-state index in [1.165, 1.54) is 4.57 Å². The molecule has 0 saturated carbocycles. The molecular weight excluding hydrogens is 321 g/mol. The van der Waals surface area contributed by atoms with Crippen molar-refractivity contribution in [2.24, 2.45) is 0 Å². The van der Waals surface area contributed by atoms with Gasteiger partial charge in [-0.05, 0) is 17.7 Å². The number of fused-ring (bicyclic) bond motifs is 1. The number of para-hydroxylation sites is 1. The Labute approximate surface area is 138 Å². The summed E-state index contributed by atoms with van der Waals surface area (Å²) in [6.45, 7) is 5.93. The van der Waals surface area contributed by atoms with Gasteiger partial charge in [-0.15, -0.1) is 0 Å². The van der Waals surface area contributed by atoms with Gasteiger partial charge in [0.05, 0.1) is 15.6 Å². The lowest BCUT2D eigenvalue weighted by molar-refractivity contribution is 0.142. The molecular formula is C17H11Cl2NO2. The van der Waals surface area contributed by atoms with Gasteiger partial charge in [-0.25, -0.2) is 4.79 Å². The molecule has 0 unspecified atom stereocenters. The van der Waals surface area contributed by atoms with Gasteiger partial charge in [-0.2, -0.15) is 0 Å². The Morgan fingerprint density at radius 2 is 1.91 bits per heavy atom. The highest BCUT2D eigenvalue weighted by Crippen LogP contribution is 2.26. The maximum Gasteiger partial charge on any atom is 0.418 e. The number of ether oxygens (including phenoxy) is 1. The third kappa shape index (κ3) is 2.70. The minimum atomic E-state index is -0.524. The van der Waals surface area contributed by atoms with E-state index >= 15 is 0 Å². The second-order valence-corrected chi connectivity index (χ2v) is 5.52. The highest BCUT2D eigenvalue weighted by atomic mass is 35.5. The van der Waals surface area contributed by atoms with Gasteiger partial charge in [0.15, 0.2) is 0 Å². The van der Waals surface area contributed by atoms with Gasteiger partial charge in [0.1, 0.15) is 6.61 Å². The SMILES string of the molecule is [CH]c1cn(C(=O)OCc2cccc(Cl)c2Cl)c2ccccc12. The molecule has 0 aliphatic heterocycles. The van der Waals surface area contributed by atoms with Gasteiger partial charge in [-0.1, -0.05) is 53.5 Å². The fourth-order valence-corrected chi connectivity index (χ4v) is 2.60. The summed E-state index contributed by atoms with van der Waals surface area (Å²) in [6, 6.07) is 12.5. The van der Waals surface area contributed by atoms with Crippen molar-refractivity contribution in [2.75, 3.05) is 0 Å². The summed E-state index contributed by atoms with van der Waals surface area (Å²) in [4.78, 5) is 12.3. The van der Waals surface area contributed by atoms with E-state index < -0.39 is 6.09 Å². The lowest BCUT2D eigenvalue weighted by atomic mass is 10.2. The minimum absolute atomic E-state index is 0.0324. The predicted molar refractivity (Wildman–Crippen MR) is 87.4 cm³/mol. The van der Waals surface area contributed by atoms with E-state index in [0.717, 1.165) is 5.39 Å². The molecule has 0 N–H and O–H groups in total. The van der Waals surface area contributed by atoms with Crippen LogP contribution < -0.4 is 0 Å². The fourth-order valence-electron chi connectivity index (χ4n) is 2.23. The number of benzene rings is 2. The molecule has 1 aromatic heterocycles. The third-order valence-electron chi connectivity index (χ3n) is 3.32. The molecule has 0 fully saturated rings. The average Bonchev–Trinajstić information content (AvgIpc) is 2.86. The zero-order valence-electron chi connectivity index (χ0n) is 11.4. The number of hydrogen-bond acceptors (Lipinski definition) is 2. The summed E-state index contributed by atoms with van der Waals surface area (Å²) in [7, 11) is 0. The Hall–Kier alpha value is -1.97. The van der Waals surface area contributed by atoms with Crippen LogP contribution in [0.4, 0.5) is 4.79 Å². The van der Waals surface area contributed by atoms with E-state index in [9.17, 15) is 4.79 Å². The molecule has 0 amide bonds. The van der Waals surface area contributed by atoms with E-state index in [-0.39, 0.29) is 6.61 Å². The summed E-state index contributed by atoms with van der Waals surface area (Å²) < 4.78 is 6.67. The lowest BCUT2D eigenvalue weighted by Crippen LogP contribution is -2.12. The maximum absolute atomic E-state index is 12.3. The third-order valence-corrected chi connectivity index (χ3v) is 4.18. The molecule has 3 aromatic rings. The first-order chi connectivity index (χ1) is 10.6. The molecule has 22 heavy (non-hydrogen) atoms. The van der Waals surface area contributed by atoms with Crippen molar-refractivity contribution in [3.8, 4) is 0 Å². The molecule has 110 valence electrons. The van der Waals surface area contributed by atoms with E-state index in [1.54, 1.807) is 30.5 Å². The van der Waals surface area contributed by atoms with Gasteiger partial charge in [-0.3, -0.25) is 4.57 Å². The van der Waals surface area contributed by atoms with Crippen LogP contribution in [0.3, 0.4) is 0 Å². The average molecular weight is 332 g/mol. The number of carbonyl (C=O) groups is 1. The molecule has 0 bridgehead atoms. The molecule has 0 aliphatic carbocycles. The van der Waals surface area contributed by atoms with Crippen LogP contribution in [-0.2, 0) is 11.3 Å². The standard InChI is InChI=1S/C17H11Cl2NO2/c1-11-9-20(15-8-3-2-6-13(11)15)17(21)22-10-12-5-4-7-14(18)16(12)19/h1-9H,10H2. The van der Waals surface area contributed by atoms with Crippen molar-refractivity contribution in [2.45, 2.75) is 6.61 Å². The topological polar surface area (TPSA) is 31.2 Å². The molecule has 0 saturated heterocycles. The number of rotatable bonds is 2. The largest absolute Gasteiger partial charge is 0.444 e. The first kappa shape index (κ1) is 14.9. The summed E-state index contributed by atoms with van der Waals surface area (Å²) in [5.74, 6) is 0. The molecule has 0 atom stereocenters. The van der Waals surface area contributed by atoms with Gasteiger partial charge >= 0.3 is 6.09 Å². The highest BCUT2D eigenvalue weighted by molar-refractivity contribution is 6.42. The maximum atomic E-state index is 12.3. The molecule has 2 aromatic carbocycles. The summed E-state index contributed by atoms with van der Waals surface area (Å²) >= 11 is 12.0. The van der Waals surface area contributed by atoms with Gasteiger partial charge in [0.2, 0.25) is 0 Å². The minimum Gasteiger partial charge on any atom is -0.444 e. The smallest absolute Gasteiger partial charge is 0.418 e. The van der Waals surface area contributed by atoms with Crippen molar-refractivity contribution in [1.29, 1.82) is 0 Å². The Kier molecular flexibility index (Phi) is 4.10. The van der Waals surface area contributed by atoms with Crippen LogP contribution in [-0.4, -0.2) is 10.7 Å². The Morgan fingerprint density at radius 1 is 1.14 bits per heavy atom. The van der Waals surface area contributed by atoms with Crippen molar-refractivity contribution >= 4 is 40.2 Å². The van der Waals surface area contributed by atoms with Gasteiger partial charge in [0.25, 0.3) is 0 Å². The van der Waals surface area contributed by atoms with Crippen LogP contribution in [0.25, 0.3) is 10.9 Å². The van der Waals surface area contributed by atoms with E-state index in [2.05, 4.69) is 0 Å². The normalized spacial score (nSPS) is 10.9. The molecule has 1 heterocycles. The van der Waals surface area contributed by atoms with E-state index in [4.69, 9.17) is 34.9 Å². The van der Waals surface area contributed by atoms with Crippen LogP contribution in [0.1, 0.15) is 11.1 Å². The van der Waals surface area contributed by atoms with Crippen molar-refractivity contribution < 1.29 is 9.53 Å². The highest BCUT2D eigenvalue weighted by Gasteiger charge is 2.13. The van der Waals surface area contributed by atoms with Crippen molar-refractivity contribution in [3.63, 3.8) is 0 Å². The number of aromatic nitrogens is 1. The van der Waals surface area contributed by atoms with Crippen LogP contribution in [0.5, 0.6) is 0 Å². The second kappa shape index (κ2) is 6.03. The summed E-state index contributed by atoms with van der Waals surface area (Å²) in [5, 5.41) is 1.61. The first-order valence-electron chi connectivity index (χ1n) is 6.53. The van der Waals surface area contributed by atoms with E-state index in [1.807, 2.05) is 18.2 Å². The molecule has 2 radical (unpaired) electrons. The summed E-state index contributed by atoms with van der Waals surface area (Å²) in [5.41, 5.74) is 1.86. The van der Waals surface area contributed by atoms with Crippen molar-refractivity contribution in [3.05, 3.63) is 76.8 Å². The first-order valence-corrected chi connectivity index (χ1v) is 7.29. The summed E-state index contributed by atoms with van der Waals surface area (Å²) in [6.07, 6.45) is 1.02. The molecule has 5 heteroatoms. The number of nitrogens with zero attached hydrogens (tertiary/aromatic N) is 1.